The Kier molecular flexibility index (Phi) is 4.28. The molecule has 2 N–H and O–H groups in total. The summed E-state index contributed by atoms with van der Waals surface area (Å²) in [6.07, 6.45) is 6.93. The minimum atomic E-state index is 0.646. The van der Waals surface area contributed by atoms with Crippen molar-refractivity contribution >= 4 is 10.9 Å². The van der Waals surface area contributed by atoms with Gasteiger partial charge in [0.25, 0.3) is 0 Å². The summed E-state index contributed by atoms with van der Waals surface area (Å²) < 4.78 is 0. The second kappa shape index (κ2) is 6.33. The Hall–Kier alpha value is -1.45. The monoisotopic (exact) mass is 269 g/mol. The Bertz CT molecular complexity index is 560. The molecule has 1 unspecified atom stereocenters. The zero-order chi connectivity index (χ0) is 13.8. The maximum absolute atomic E-state index is 5.77. The molecule has 3 nitrogen and oxygen atoms in total. The topological polar surface area (TPSA) is 42.1 Å². The van der Waals surface area contributed by atoms with E-state index >= 15 is 0 Å². The van der Waals surface area contributed by atoms with Gasteiger partial charge in [0, 0.05) is 24.2 Å². The molecule has 1 fully saturated rings. The van der Waals surface area contributed by atoms with Crippen LogP contribution in [-0.4, -0.2) is 29.0 Å². The first kappa shape index (κ1) is 13.5. The number of nitrogens with two attached hydrogens (primary N) is 1. The molecule has 0 radical (unpaired) electrons. The second-order valence-electron chi connectivity index (χ2n) is 5.69. The summed E-state index contributed by atoms with van der Waals surface area (Å²) in [5.74, 6) is 0. The van der Waals surface area contributed by atoms with Crippen molar-refractivity contribution in [1.82, 2.24) is 9.88 Å². The Labute approximate surface area is 120 Å². The SMILES string of the molecule is NCCC1CCCCN1Cc1cccc2cccnc12. The number of aromatic nitrogens is 1. The third-order valence-electron chi connectivity index (χ3n) is 4.34. The van der Waals surface area contributed by atoms with Crippen molar-refractivity contribution in [3.8, 4) is 0 Å². The first-order chi connectivity index (χ1) is 9.88. The number of rotatable bonds is 4. The Morgan fingerprint density at radius 1 is 1.20 bits per heavy atom. The third kappa shape index (κ3) is 2.84. The van der Waals surface area contributed by atoms with E-state index in [1.54, 1.807) is 0 Å². The molecule has 0 saturated carbocycles. The highest BCUT2D eigenvalue weighted by molar-refractivity contribution is 5.81. The molecule has 1 saturated heterocycles. The number of para-hydroxylation sites is 1. The first-order valence-electron chi connectivity index (χ1n) is 7.65. The molecule has 2 aromatic rings. The van der Waals surface area contributed by atoms with E-state index in [2.05, 4.69) is 34.1 Å². The molecular formula is C17H23N3. The number of piperidine rings is 1. The highest BCUT2D eigenvalue weighted by Gasteiger charge is 2.22. The number of benzene rings is 1. The van der Waals surface area contributed by atoms with Crippen molar-refractivity contribution in [3.05, 3.63) is 42.1 Å². The van der Waals surface area contributed by atoms with Crippen LogP contribution in [0.3, 0.4) is 0 Å². The lowest BCUT2D eigenvalue weighted by Crippen LogP contribution is -2.40. The van der Waals surface area contributed by atoms with Crippen LogP contribution in [0.25, 0.3) is 10.9 Å². The van der Waals surface area contributed by atoms with E-state index < -0.39 is 0 Å². The van der Waals surface area contributed by atoms with Crippen LogP contribution < -0.4 is 5.73 Å². The van der Waals surface area contributed by atoms with Gasteiger partial charge in [-0.25, -0.2) is 0 Å². The highest BCUT2D eigenvalue weighted by Crippen LogP contribution is 2.24. The summed E-state index contributed by atoms with van der Waals surface area (Å²) >= 11 is 0. The standard InChI is InChI=1S/C17H23N3/c18-10-9-16-8-1-2-12-20(16)13-15-6-3-5-14-7-4-11-19-17(14)15/h3-7,11,16H,1-2,8-10,12-13,18H2. The fraction of sp³-hybridized carbons (Fsp3) is 0.471. The fourth-order valence-electron chi connectivity index (χ4n) is 3.30. The minimum absolute atomic E-state index is 0.646. The number of hydrogen-bond donors (Lipinski definition) is 1. The number of likely N-dealkylation sites (tertiary alicyclic amines) is 1. The van der Waals surface area contributed by atoms with Gasteiger partial charge in [-0.05, 0) is 44.0 Å². The quantitative estimate of drug-likeness (QED) is 0.928. The molecule has 1 aromatic heterocycles. The van der Waals surface area contributed by atoms with Crippen LogP contribution in [0.1, 0.15) is 31.2 Å². The van der Waals surface area contributed by atoms with Gasteiger partial charge in [0.2, 0.25) is 0 Å². The van der Waals surface area contributed by atoms with Crippen LogP contribution >= 0.6 is 0 Å². The summed E-state index contributed by atoms with van der Waals surface area (Å²) in [7, 11) is 0. The van der Waals surface area contributed by atoms with Gasteiger partial charge in [-0.3, -0.25) is 9.88 Å². The first-order valence-corrected chi connectivity index (χ1v) is 7.65. The minimum Gasteiger partial charge on any atom is -0.330 e. The molecule has 3 rings (SSSR count). The lowest BCUT2D eigenvalue weighted by molar-refractivity contribution is 0.134. The molecule has 106 valence electrons. The summed E-state index contributed by atoms with van der Waals surface area (Å²) in [5.41, 5.74) is 8.25. The van der Waals surface area contributed by atoms with E-state index in [-0.39, 0.29) is 0 Å². The van der Waals surface area contributed by atoms with E-state index in [1.165, 1.54) is 36.8 Å². The maximum Gasteiger partial charge on any atom is 0.0746 e. The van der Waals surface area contributed by atoms with Crippen LogP contribution in [0, 0.1) is 0 Å². The lowest BCUT2D eigenvalue weighted by atomic mass is 9.98. The van der Waals surface area contributed by atoms with Crippen LogP contribution in [0.4, 0.5) is 0 Å². The van der Waals surface area contributed by atoms with Gasteiger partial charge in [-0.15, -0.1) is 0 Å². The largest absolute Gasteiger partial charge is 0.330 e. The zero-order valence-corrected chi connectivity index (χ0v) is 12.0. The maximum atomic E-state index is 5.77. The summed E-state index contributed by atoms with van der Waals surface area (Å²) in [6.45, 7) is 2.97. The lowest BCUT2D eigenvalue weighted by Gasteiger charge is -2.35. The number of nitrogens with zero attached hydrogens (tertiary/aromatic N) is 2. The summed E-state index contributed by atoms with van der Waals surface area (Å²) in [6, 6.07) is 11.3. The van der Waals surface area contributed by atoms with E-state index in [4.69, 9.17) is 5.73 Å². The van der Waals surface area contributed by atoms with Crippen molar-refractivity contribution in [3.63, 3.8) is 0 Å². The fourth-order valence-corrected chi connectivity index (χ4v) is 3.30. The van der Waals surface area contributed by atoms with Crippen LogP contribution in [0.15, 0.2) is 36.5 Å². The van der Waals surface area contributed by atoms with Crippen molar-refractivity contribution in [2.45, 2.75) is 38.3 Å². The van der Waals surface area contributed by atoms with Gasteiger partial charge in [-0.2, -0.15) is 0 Å². The smallest absolute Gasteiger partial charge is 0.0746 e. The van der Waals surface area contributed by atoms with Gasteiger partial charge in [-0.1, -0.05) is 30.7 Å². The molecule has 20 heavy (non-hydrogen) atoms. The van der Waals surface area contributed by atoms with Gasteiger partial charge in [0.15, 0.2) is 0 Å². The molecule has 3 heteroatoms. The van der Waals surface area contributed by atoms with E-state index in [0.29, 0.717) is 6.04 Å². The normalized spacial score (nSPS) is 20.4. The molecular weight excluding hydrogens is 246 g/mol. The molecule has 1 aromatic carbocycles. The Balaban J connectivity index is 1.84. The molecule has 0 spiro atoms. The van der Waals surface area contributed by atoms with Gasteiger partial charge < -0.3 is 5.73 Å². The molecule has 1 aliphatic rings. The van der Waals surface area contributed by atoms with Crippen molar-refractivity contribution in [2.24, 2.45) is 5.73 Å². The number of pyridine rings is 1. The molecule has 0 aliphatic carbocycles. The van der Waals surface area contributed by atoms with Gasteiger partial charge in [0.1, 0.15) is 0 Å². The molecule has 2 heterocycles. The summed E-state index contributed by atoms with van der Waals surface area (Å²) in [5, 5.41) is 1.23. The predicted molar refractivity (Wildman–Crippen MR) is 83.5 cm³/mol. The second-order valence-corrected chi connectivity index (χ2v) is 5.69. The average molecular weight is 269 g/mol. The van der Waals surface area contributed by atoms with Crippen molar-refractivity contribution in [1.29, 1.82) is 0 Å². The Morgan fingerprint density at radius 2 is 2.10 bits per heavy atom. The van der Waals surface area contributed by atoms with E-state index in [0.717, 1.165) is 25.0 Å². The average Bonchev–Trinajstić information content (AvgIpc) is 2.50. The van der Waals surface area contributed by atoms with Gasteiger partial charge in [0.05, 0.1) is 5.52 Å². The Morgan fingerprint density at radius 3 is 3.00 bits per heavy atom. The van der Waals surface area contributed by atoms with E-state index in [9.17, 15) is 0 Å². The van der Waals surface area contributed by atoms with Crippen LogP contribution in [0.2, 0.25) is 0 Å². The molecule has 0 amide bonds. The predicted octanol–water partition coefficient (Wildman–Crippen LogP) is 2.94. The highest BCUT2D eigenvalue weighted by atomic mass is 15.2. The summed E-state index contributed by atoms with van der Waals surface area (Å²) in [4.78, 5) is 7.16. The number of hydrogen-bond acceptors (Lipinski definition) is 3. The van der Waals surface area contributed by atoms with E-state index in [1.807, 2.05) is 12.3 Å². The molecule has 0 bridgehead atoms. The third-order valence-corrected chi connectivity index (χ3v) is 4.34. The molecule has 1 atom stereocenters. The number of fused-ring (bicyclic) bond motifs is 1. The van der Waals surface area contributed by atoms with Crippen molar-refractivity contribution < 1.29 is 0 Å². The molecule has 1 aliphatic heterocycles. The zero-order valence-electron chi connectivity index (χ0n) is 12.0. The van der Waals surface area contributed by atoms with Crippen LogP contribution in [0.5, 0.6) is 0 Å². The van der Waals surface area contributed by atoms with Crippen molar-refractivity contribution in [2.75, 3.05) is 13.1 Å². The van der Waals surface area contributed by atoms with Crippen LogP contribution in [-0.2, 0) is 6.54 Å². The van der Waals surface area contributed by atoms with Gasteiger partial charge >= 0.3 is 0 Å².